The molecular weight excluding hydrogens is 452 g/mol. The van der Waals surface area contributed by atoms with E-state index in [4.69, 9.17) is 14.7 Å². The third-order valence-electron chi connectivity index (χ3n) is 6.97. The van der Waals surface area contributed by atoms with Crippen molar-refractivity contribution in [1.29, 1.82) is 5.26 Å². The fourth-order valence-electron chi connectivity index (χ4n) is 5.27. The quantitative estimate of drug-likeness (QED) is 0.495. The molecule has 8 nitrogen and oxygen atoms in total. The molecule has 0 N–H and O–H groups in total. The van der Waals surface area contributed by atoms with E-state index in [1.165, 1.54) is 22.5 Å². The van der Waals surface area contributed by atoms with Crippen LogP contribution in [0, 0.1) is 11.3 Å². The number of amides is 1. The zero-order valence-corrected chi connectivity index (χ0v) is 20.6. The summed E-state index contributed by atoms with van der Waals surface area (Å²) >= 11 is 0. The number of nitriles is 1. The number of anilines is 2. The van der Waals surface area contributed by atoms with Gasteiger partial charge in [0.25, 0.3) is 0 Å². The van der Waals surface area contributed by atoms with E-state index < -0.39 is 0 Å². The second-order valence-corrected chi connectivity index (χ2v) is 9.06. The van der Waals surface area contributed by atoms with Crippen molar-refractivity contribution in [2.24, 2.45) is 0 Å². The summed E-state index contributed by atoms with van der Waals surface area (Å²) < 4.78 is 5.77. The van der Waals surface area contributed by atoms with Gasteiger partial charge in [0, 0.05) is 42.8 Å². The highest BCUT2D eigenvalue weighted by molar-refractivity contribution is 5.94. The van der Waals surface area contributed by atoms with Gasteiger partial charge in [-0.05, 0) is 30.9 Å². The maximum absolute atomic E-state index is 12.4. The van der Waals surface area contributed by atoms with Gasteiger partial charge in [-0.3, -0.25) is 4.79 Å². The molecule has 1 unspecified atom stereocenters. The average molecular weight is 483 g/mol. The van der Waals surface area contributed by atoms with Crippen LogP contribution in [0.3, 0.4) is 0 Å². The number of rotatable bonds is 6. The van der Waals surface area contributed by atoms with Crippen LogP contribution in [0.25, 0.3) is 10.8 Å². The van der Waals surface area contributed by atoms with Gasteiger partial charge in [0.1, 0.15) is 5.82 Å². The van der Waals surface area contributed by atoms with Crippen LogP contribution in [0.15, 0.2) is 55.1 Å². The Morgan fingerprint density at radius 1 is 1.17 bits per heavy atom. The summed E-state index contributed by atoms with van der Waals surface area (Å²) in [5.41, 5.74) is 3.28. The fraction of sp³-hybridized carbons (Fsp3) is 0.357. The lowest BCUT2D eigenvalue weighted by Gasteiger charge is -2.42. The highest BCUT2D eigenvalue weighted by Gasteiger charge is 2.33. The van der Waals surface area contributed by atoms with Crippen LogP contribution in [0.2, 0.25) is 0 Å². The molecule has 2 aliphatic rings. The van der Waals surface area contributed by atoms with E-state index in [9.17, 15) is 10.1 Å². The number of hydrogen-bond donors (Lipinski definition) is 0. The standard InChI is InChI=1S/C28H30N6O2/c1-3-26(35)34-17-16-33(18-21(34)12-14-29)27-23-13-15-32(19-24(23)30-28(31-27)36-4-2)25-11-7-9-20-8-5-6-10-22(20)25/h3,5-11,21H,1,4,12-13,15-19H2,2H3. The Hall–Kier alpha value is -4.12. The van der Waals surface area contributed by atoms with Gasteiger partial charge in [-0.25, -0.2) is 0 Å². The number of fused-ring (bicyclic) bond motifs is 2. The van der Waals surface area contributed by atoms with E-state index in [0.29, 0.717) is 38.8 Å². The minimum absolute atomic E-state index is 0.139. The SMILES string of the molecule is C=CC(=O)N1CCN(c2nc(OCC)nc3c2CCN(c2cccc4ccccc24)C3)CC1CC#N. The van der Waals surface area contributed by atoms with Crippen LogP contribution in [-0.4, -0.2) is 59.6 Å². The van der Waals surface area contributed by atoms with E-state index >= 15 is 0 Å². The molecule has 0 aliphatic carbocycles. The third-order valence-corrected chi connectivity index (χ3v) is 6.97. The summed E-state index contributed by atoms with van der Waals surface area (Å²) in [6, 6.07) is 17.2. The van der Waals surface area contributed by atoms with Crippen LogP contribution in [-0.2, 0) is 17.8 Å². The van der Waals surface area contributed by atoms with Crippen molar-refractivity contribution >= 4 is 28.2 Å². The van der Waals surface area contributed by atoms with Crippen molar-refractivity contribution in [3.8, 4) is 12.1 Å². The van der Waals surface area contributed by atoms with Crippen molar-refractivity contribution in [3.63, 3.8) is 0 Å². The molecule has 0 spiro atoms. The number of nitrogens with zero attached hydrogens (tertiary/aromatic N) is 6. The largest absolute Gasteiger partial charge is 0.464 e. The topological polar surface area (TPSA) is 85.6 Å². The summed E-state index contributed by atoms with van der Waals surface area (Å²) in [7, 11) is 0. The number of carbonyl (C=O) groups excluding carboxylic acids is 1. The Labute approximate surface area is 211 Å². The fourth-order valence-corrected chi connectivity index (χ4v) is 5.27. The van der Waals surface area contributed by atoms with E-state index in [0.717, 1.165) is 30.0 Å². The third kappa shape index (κ3) is 4.44. The number of piperazine rings is 1. The predicted octanol–water partition coefficient (Wildman–Crippen LogP) is 3.71. The first-order valence-electron chi connectivity index (χ1n) is 12.4. The Morgan fingerprint density at radius 3 is 2.81 bits per heavy atom. The second-order valence-electron chi connectivity index (χ2n) is 9.06. The van der Waals surface area contributed by atoms with E-state index in [2.05, 4.69) is 64.9 Å². The lowest BCUT2D eigenvalue weighted by Crippen LogP contribution is -2.55. The van der Waals surface area contributed by atoms with Crippen LogP contribution in [0.5, 0.6) is 6.01 Å². The van der Waals surface area contributed by atoms with Gasteiger partial charge in [-0.2, -0.15) is 15.2 Å². The van der Waals surface area contributed by atoms with Crippen molar-refractivity contribution in [1.82, 2.24) is 14.9 Å². The molecule has 1 amide bonds. The van der Waals surface area contributed by atoms with Gasteiger partial charge in [0.2, 0.25) is 5.91 Å². The van der Waals surface area contributed by atoms with E-state index in [1.54, 1.807) is 4.90 Å². The molecule has 8 heteroatoms. The molecule has 1 fully saturated rings. The summed E-state index contributed by atoms with van der Waals surface area (Å²) in [5.74, 6) is 0.718. The van der Waals surface area contributed by atoms with Gasteiger partial charge in [0.15, 0.2) is 0 Å². The predicted molar refractivity (Wildman–Crippen MR) is 140 cm³/mol. The summed E-state index contributed by atoms with van der Waals surface area (Å²) in [6.07, 6.45) is 2.38. The molecular formula is C28H30N6O2. The molecule has 2 aliphatic heterocycles. The summed E-state index contributed by atoms with van der Waals surface area (Å²) in [5, 5.41) is 11.8. The smallest absolute Gasteiger partial charge is 0.318 e. The van der Waals surface area contributed by atoms with Gasteiger partial charge in [-0.15, -0.1) is 0 Å². The van der Waals surface area contributed by atoms with Gasteiger partial charge in [0.05, 0.1) is 37.4 Å². The summed E-state index contributed by atoms with van der Waals surface area (Å²) in [4.78, 5) is 28.3. The zero-order chi connectivity index (χ0) is 25.1. The van der Waals surface area contributed by atoms with Crippen molar-refractivity contribution in [3.05, 3.63) is 66.4 Å². The number of aromatic nitrogens is 2. The highest BCUT2D eigenvalue weighted by atomic mass is 16.5. The molecule has 0 saturated carbocycles. The molecule has 3 heterocycles. The zero-order valence-electron chi connectivity index (χ0n) is 20.6. The van der Waals surface area contributed by atoms with Gasteiger partial charge < -0.3 is 19.4 Å². The number of ether oxygens (including phenoxy) is 1. The maximum atomic E-state index is 12.4. The van der Waals surface area contributed by atoms with Gasteiger partial charge >= 0.3 is 6.01 Å². The first kappa shape index (κ1) is 23.6. The maximum Gasteiger partial charge on any atom is 0.318 e. The van der Waals surface area contributed by atoms with Crippen LogP contribution < -0.4 is 14.5 Å². The molecule has 0 radical (unpaired) electrons. The van der Waals surface area contributed by atoms with Gasteiger partial charge in [-0.1, -0.05) is 43.0 Å². The molecule has 1 aromatic heterocycles. The van der Waals surface area contributed by atoms with Crippen molar-refractivity contribution in [2.45, 2.75) is 32.4 Å². The molecule has 2 aromatic carbocycles. The first-order chi connectivity index (χ1) is 17.6. The molecule has 36 heavy (non-hydrogen) atoms. The Kier molecular flexibility index (Phi) is 6.72. The number of carbonyl (C=O) groups is 1. The molecule has 3 aromatic rings. The molecule has 0 bridgehead atoms. The number of hydrogen-bond acceptors (Lipinski definition) is 7. The Bertz CT molecular complexity index is 1330. The molecule has 1 saturated heterocycles. The molecule has 184 valence electrons. The first-order valence-corrected chi connectivity index (χ1v) is 12.4. The lowest BCUT2D eigenvalue weighted by molar-refractivity contribution is -0.128. The molecule has 1 atom stereocenters. The minimum atomic E-state index is -0.216. The average Bonchev–Trinajstić information content (AvgIpc) is 2.92. The Morgan fingerprint density at radius 2 is 2.00 bits per heavy atom. The Balaban J connectivity index is 1.48. The lowest BCUT2D eigenvalue weighted by atomic mass is 10.0. The van der Waals surface area contributed by atoms with E-state index in [-0.39, 0.29) is 18.4 Å². The van der Waals surface area contributed by atoms with Crippen LogP contribution in [0.1, 0.15) is 24.6 Å². The highest BCUT2D eigenvalue weighted by Crippen LogP contribution is 2.34. The van der Waals surface area contributed by atoms with Crippen molar-refractivity contribution < 1.29 is 9.53 Å². The van der Waals surface area contributed by atoms with Crippen LogP contribution in [0.4, 0.5) is 11.5 Å². The molecule has 5 rings (SSSR count). The normalized spacial score (nSPS) is 17.4. The summed E-state index contributed by atoms with van der Waals surface area (Å²) in [6.45, 7) is 9.21. The number of benzene rings is 2. The van der Waals surface area contributed by atoms with E-state index in [1.807, 2.05) is 6.92 Å². The minimum Gasteiger partial charge on any atom is -0.464 e. The van der Waals surface area contributed by atoms with Crippen LogP contribution >= 0.6 is 0 Å². The monoisotopic (exact) mass is 482 g/mol. The second kappa shape index (κ2) is 10.2. The van der Waals surface area contributed by atoms with Crippen molar-refractivity contribution in [2.75, 3.05) is 42.6 Å².